The fourth-order valence-electron chi connectivity index (χ4n) is 5.72. The molecule has 1 saturated carbocycles. The van der Waals surface area contributed by atoms with E-state index in [9.17, 15) is 14.7 Å². The quantitative estimate of drug-likeness (QED) is 0.744. The van der Waals surface area contributed by atoms with Crippen LogP contribution in [-0.4, -0.2) is 66.1 Å². The van der Waals surface area contributed by atoms with Crippen molar-refractivity contribution in [2.45, 2.75) is 43.7 Å². The van der Waals surface area contributed by atoms with Crippen molar-refractivity contribution < 1.29 is 19.4 Å². The average Bonchev–Trinajstić information content (AvgIpc) is 2.78. The largest absolute Gasteiger partial charge is 0.508 e. The van der Waals surface area contributed by atoms with Gasteiger partial charge in [-0.15, -0.1) is 0 Å². The first-order valence-corrected chi connectivity index (χ1v) is 11.3. The third kappa shape index (κ3) is 4.24. The van der Waals surface area contributed by atoms with Crippen molar-refractivity contribution in [2.24, 2.45) is 5.92 Å². The van der Waals surface area contributed by atoms with Gasteiger partial charge in [0.2, 0.25) is 0 Å². The number of phenolic OH excluding ortho intramolecular Hbond substituents is 1. The summed E-state index contributed by atoms with van der Waals surface area (Å²) in [6.07, 6.45) is 1.94. The van der Waals surface area contributed by atoms with E-state index in [4.69, 9.17) is 4.74 Å². The van der Waals surface area contributed by atoms with E-state index in [1.165, 1.54) is 6.92 Å². The van der Waals surface area contributed by atoms with E-state index in [2.05, 4.69) is 18.0 Å². The van der Waals surface area contributed by atoms with Crippen LogP contribution in [0.25, 0.3) is 0 Å². The maximum Gasteiger partial charge on any atom is 0.302 e. The van der Waals surface area contributed by atoms with Crippen molar-refractivity contribution in [3.05, 3.63) is 65.7 Å². The topological polar surface area (TPSA) is 70.1 Å². The van der Waals surface area contributed by atoms with Crippen molar-refractivity contribution >= 4 is 11.9 Å². The number of esters is 1. The number of likely N-dealkylation sites (tertiary alicyclic amines) is 1. The van der Waals surface area contributed by atoms with Gasteiger partial charge in [-0.05, 0) is 56.3 Å². The lowest BCUT2D eigenvalue weighted by Gasteiger charge is -2.56. The van der Waals surface area contributed by atoms with Gasteiger partial charge in [0, 0.05) is 49.9 Å². The van der Waals surface area contributed by atoms with Gasteiger partial charge in [0.05, 0.1) is 0 Å². The molecule has 2 aliphatic rings. The van der Waals surface area contributed by atoms with Crippen LogP contribution in [0, 0.1) is 5.92 Å². The maximum absolute atomic E-state index is 13.2. The summed E-state index contributed by atoms with van der Waals surface area (Å²) in [5.74, 6) is -0.0156. The molecular formula is C26H32N2O4. The van der Waals surface area contributed by atoms with Crippen molar-refractivity contribution in [2.75, 3.05) is 27.2 Å². The molecule has 1 amide bonds. The van der Waals surface area contributed by atoms with Crippen LogP contribution in [0.1, 0.15) is 42.1 Å². The standard InChI is InChI=1S/C26H32N2O4/c1-18(29)32-24-15-21(28(3)25(31)19-8-5-4-6-9-19)16-26(12-13-27(2)17-23(24)26)20-10-7-11-22(30)14-20/h4-11,14,21,23-24,30H,12-13,15-17H2,1-3H3/t21-,23-,24?,26-/m0/s1. The number of hydrogen-bond donors (Lipinski definition) is 1. The number of benzene rings is 2. The minimum Gasteiger partial charge on any atom is -0.508 e. The Morgan fingerprint density at radius 2 is 1.91 bits per heavy atom. The molecule has 2 aromatic carbocycles. The van der Waals surface area contributed by atoms with Crippen LogP contribution in [-0.2, 0) is 14.9 Å². The lowest BCUT2D eigenvalue weighted by Crippen LogP contribution is -2.61. The molecule has 0 spiro atoms. The second-order valence-electron chi connectivity index (χ2n) is 9.35. The zero-order valence-corrected chi connectivity index (χ0v) is 19.0. The van der Waals surface area contributed by atoms with Crippen LogP contribution in [0.4, 0.5) is 0 Å². The van der Waals surface area contributed by atoms with E-state index >= 15 is 0 Å². The summed E-state index contributed by atoms with van der Waals surface area (Å²) < 4.78 is 5.89. The van der Waals surface area contributed by atoms with Crippen LogP contribution in [0.5, 0.6) is 5.75 Å². The summed E-state index contributed by atoms with van der Waals surface area (Å²) in [5, 5.41) is 10.2. The van der Waals surface area contributed by atoms with Crippen LogP contribution in [0.3, 0.4) is 0 Å². The number of rotatable bonds is 4. The number of aromatic hydroxyl groups is 1. The number of carbonyl (C=O) groups excluding carboxylic acids is 2. The van der Waals surface area contributed by atoms with E-state index < -0.39 is 0 Å². The second kappa shape index (κ2) is 8.94. The van der Waals surface area contributed by atoms with Gasteiger partial charge in [-0.25, -0.2) is 0 Å². The number of nitrogens with zero attached hydrogens (tertiary/aromatic N) is 2. The fraction of sp³-hybridized carbons (Fsp3) is 0.462. The lowest BCUT2D eigenvalue weighted by molar-refractivity contribution is -0.158. The maximum atomic E-state index is 13.2. The molecule has 1 heterocycles. The normalized spacial score (nSPS) is 27.9. The summed E-state index contributed by atoms with van der Waals surface area (Å²) in [4.78, 5) is 29.4. The smallest absolute Gasteiger partial charge is 0.302 e. The molecule has 4 rings (SSSR count). The molecule has 6 nitrogen and oxygen atoms in total. The third-order valence-corrected chi connectivity index (χ3v) is 7.34. The first-order chi connectivity index (χ1) is 15.3. The van der Waals surface area contributed by atoms with E-state index in [1.807, 2.05) is 54.4 Å². The molecule has 0 aromatic heterocycles. The van der Waals surface area contributed by atoms with Gasteiger partial charge in [-0.3, -0.25) is 9.59 Å². The summed E-state index contributed by atoms with van der Waals surface area (Å²) in [7, 11) is 3.94. The number of phenols is 1. The molecule has 1 N–H and O–H groups in total. The van der Waals surface area contributed by atoms with E-state index in [-0.39, 0.29) is 41.1 Å². The predicted molar refractivity (Wildman–Crippen MR) is 123 cm³/mol. The Hall–Kier alpha value is -2.86. The minimum absolute atomic E-state index is 0.0328. The molecule has 1 aliphatic carbocycles. The van der Waals surface area contributed by atoms with Gasteiger partial charge >= 0.3 is 5.97 Å². The van der Waals surface area contributed by atoms with Gasteiger partial charge in [-0.1, -0.05) is 30.3 Å². The number of ether oxygens (including phenoxy) is 1. The molecule has 6 heteroatoms. The van der Waals surface area contributed by atoms with E-state index in [0.717, 1.165) is 31.5 Å². The Bertz CT molecular complexity index is 979. The Balaban J connectivity index is 1.74. The van der Waals surface area contributed by atoms with E-state index in [1.54, 1.807) is 6.07 Å². The summed E-state index contributed by atoms with van der Waals surface area (Å²) in [6, 6.07) is 16.6. The molecule has 2 aromatic rings. The molecule has 1 saturated heterocycles. The van der Waals surface area contributed by atoms with Gasteiger partial charge < -0.3 is 19.6 Å². The summed E-state index contributed by atoms with van der Waals surface area (Å²) in [6.45, 7) is 3.16. The Morgan fingerprint density at radius 3 is 2.59 bits per heavy atom. The number of amides is 1. The van der Waals surface area contributed by atoms with Crippen molar-refractivity contribution in [3.63, 3.8) is 0 Å². The highest BCUT2D eigenvalue weighted by molar-refractivity contribution is 5.94. The van der Waals surface area contributed by atoms with Crippen LogP contribution >= 0.6 is 0 Å². The number of hydrogen-bond acceptors (Lipinski definition) is 5. The first-order valence-electron chi connectivity index (χ1n) is 11.3. The highest BCUT2D eigenvalue weighted by atomic mass is 16.5. The monoisotopic (exact) mass is 436 g/mol. The number of piperidine rings is 1. The van der Waals surface area contributed by atoms with Crippen LogP contribution < -0.4 is 0 Å². The highest BCUT2D eigenvalue weighted by Crippen LogP contribution is 2.51. The summed E-state index contributed by atoms with van der Waals surface area (Å²) in [5.41, 5.74) is 1.41. The van der Waals surface area contributed by atoms with Crippen LogP contribution in [0.2, 0.25) is 0 Å². The van der Waals surface area contributed by atoms with Gasteiger partial charge in [-0.2, -0.15) is 0 Å². The Labute approximate surface area is 189 Å². The van der Waals surface area contributed by atoms with E-state index in [0.29, 0.717) is 12.0 Å². The fourth-order valence-corrected chi connectivity index (χ4v) is 5.72. The Morgan fingerprint density at radius 1 is 1.16 bits per heavy atom. The zero-order chi connectivity index (χ0) is 22.9. The highest BCUT2D eigenvalue weighted by Gasteiger charge is 2.54. The van der Waals surface area contributed by atoms with Gasteiger partial charge in [0.25, 0.3) is 5.91 Å². The molecule has 1 unspecified atom stereocenters. The second-order valence-corrected chi connectivity index (χ2v) is 9.35. The Kier molecular flexibility index (Phi) is 6.24. The molecule has 2 fully saturated rings. The third-order valence-electron chi connectivity index (χ3n) is 7.34. The molecule has 1 aliphatic heterocycles. The average molecular weight is 437 g/mol. The van der Waals surface area contributed by atoms with Gasteiger partial charge in [0.1, 0.15) is 11.9 Å². The minimum atomic E-state index is -0.303. The SMILES string of the molecule is CC(=O)OC1C[C@H](N(C)C(=O)c2ccccc2)C[C@]2(c3cccc(O)c3)CCN(C)C[C@@H]12. The summed E-state index contributed by atoms with van der Waals surface area (Å²) >= 11 is 0. The molecular weight excluding hydrogens is 404 g/mol. The van der Waals surface area contributed by atoms with Crippen molar-refractivity contribution in [1.82, 2.24) is 9.80 Å². The molecule has 170 valence electrons. The molecule has 0 bridgehead atoms. The van der Waals surface area contributed by atoms with Crippen LogP contribution in [0.15, 0.2) is 54.6 Å². The predicted octanol–water partition coefficient (Wildman–Crippen LogP) is 3.45. The number of carbonyl (C=O) groups is 2. The molecule has 4 atom stereocenters. The lowest BCUT2D eigenvalue weighted by atomic mass is 9.56. The molecule has 32 heavy (non-hydrogen) atoms. The number of fused-ring (bicyclic) bond motifs is 1. The zero-order valence-electron chi connectivity index (χ0n) is 19.0. The van der Waals surface area contributed by atoms with Crippen molar-refractivity contribution in [1.29, 1.82) is 0 Å². The van der Waals surface area contributed by atoms with Crippen molar-refractivity contribution in [3.8, 4) is 5.75 Å². The first kappa shape index (κ1) is 22.3. The molecule has 0 radical (unpaired) electrons. The van der Waals surface area contributed by atoms with Gasteiger partial charge in [0.15, 0.2) is 0 Å².